The zero-order valence-electron chi connectivity index (χ0n) is 14.0. The van der Waals surface area contributed by atoms with E-state index in [1.807, 2.05) is 13.8 Å². The number of carbonyl (C=O) groups excluding carboxylic acids is 1. The van der Waals surface area contributed by atoms with Crippen LogP contribution >= 0.6 is 0 Å². The predicted octanol–water partition coefficient (Wildman–Crippen LogP) is 3.04. The topological polar surface area (TPSA) is 83.6 Å². The van der Waals surface area contributed by atoms with Crippen molar-refractivity contribution in [2.45, 2.75) is 66.2 Å². The van der Waals surface area contributed by atoms with E-state index >= 15 is 0 Å². The number of amides is 1. The molecule has 2 unspecified atom stereocenters. The highest BCUT2D eigenvalue weighted by Crippen LogP contribution is 2.21. The molecule has 2 atom stereocenters. The summed E-state index contributed by atoms with van der Waals surface area (Å²) in [6.07, 6.45) is 4.66. The van der Waals surface area contributed by atoms with Gasteiger partial charge in [0.1, 0.15) is 0 Å². The van der Waals surface area contributed by atoms with Crippen molar-refractivity contribution in [3.8, 4) is 0 Å². The highest BCUT2D eigenvalue weighted by Gasteiger charge is 2.21. The van der Waals surface area contributed by atoms with Gasteiger partial charge in [-0.05, 0) is 24.2 Å². The van der Waals surface area contributed by atoms with Crippen LogP contribution in [0.1, 0.15) is 66.2 Å². The minimum atomic E-state index is -0.826. The summed E-state index contributed by atoms with van der Waals surface area (Å²) in [5, 5.41) is 10.2. The summed E-state index contributed by atoms with van der Waals surface area (Å²) in [6.45, 7) is 8.55. The lowest BCUT2D eigenvalue weighted by Gasteiger charge is -2.25. The van der Waals surface area contributed by atoms with E-state index in [0.717, 1.165) is 25.7 Å². The van der Waals surface area contributed by atoms with Gasteiger partial charge in [-0.15, -0.1) is 0 Å². The van der Waals surface area contributed by atoms with Gasteiger partial charge >= 0.3 is 5.97 Å². The first kappa shape index (κ1) is 19.9. The van der Waals surface area contributed by atoms with Crippen molar-refractivity contribution in [3.05, 3.63) is 0 Å². The number of rotatable bonds is 11. The van der Waals surface area contributed by atoms with E-state index in [9.17, 15) is 9.59 Å². The van der Waals surface area contributed by atoms with E-state index in [1.54, 1.807) is 0 Å². The van der Waals surface area contributed by atoms with E-state index in [0.29, 0.717) is 18.9 Å². The van der Waals surface area contributed by atoms with Crippen LogP contribution in [0.15, 0.2) is 0 Å². The second kappa shape index (κ2) is 10.6. The van der Waals surface area contributed by atoms with E-state index < -0.39 is 5.97 Å². The van der Waals surface area contributed by atoms with Crippen molar-refractivity contribution in [1.82, 2.24) is 5.01 Å². The first-order chi connectivity index (χ1) is 9.76. The molecule has 0 aromatic rings. The Hall–Kier alpha value is -1.10. The van der Waals surface area contributed by atoms with E-state index in [1.165, 1.54) is 5.01 Å². The number of hydrogen-bond donors (Lipinski definition) is 2. The predicted molar refractivity (Wildman–Crippen MR) is 84.4 cm³/mol. The number of unbranched alkanes of at least 4 members (excludes halogenated alkanes) is 1. The Labute approximate surface area is 128 Å². The molecule has 0 heterocycles. The fraction of sp³-hybridized carbons (Fsp3) is 0.875. The maximum absolute atomic E-state index is 11.9. The third-order valence-corrected chi connectivity index (χ3v) is 3.61. The van der Waals surface area contributed by atoms with Crippen LogP contribution in [0.2, 0.25) is 0 Å². The summed E-state index contributed by atoms with van der Waals surface area (Å²) in [7, 11) is 0. The van der Waals surface area contributed by atoms with Crippen molar-refractivity contribution in [2.24, 2.45) is 23.6 Å². The normalized spacial score (nSPS) is 14.0. The lowest BCUT2D eigenvalue weighted by molar-refractivity contribution is -0.140. The van der Waals surface area contributed by atoms with Gasteiger partial charge in [0.05, 0.1) is 0 Å². The maximum Gasteiger partial charge on any atom is 0.303 e. The molecule has 5 heteroatoms. The number of carbonyl (C=O) groups is 2. The third-order valence-electron chi connectivity index (χ3n) is 3.61. The van der Waals surface area contributed by atoms with Crippen molar-refractivity contribution in [1.29, 1.82) is 0 Å². The summed E-state index contributed by atoms with van der Waals surface area (Å²) in [5.74, 6) is 5.51. The molecule has 5 nitrogen and oxygen atoms in total. The van der Waals surface area contributed by atoms with Crippen molar-refractivity contribution < 1.29 is 14.7 Å². The summed E-state index contributed by atoms with van der Waals surface area (Å²) >= 11 is 0. The Kier molecular flexibility index (Phi) is 10.0. The molecule has 0 bridgehead atoms. The fourth-order valence-corrected chi connectivity index (χ4v) is 2.56. The molecule has 0 aromatic carbocycles. The average Bonchev–Trinajstić information content (AvgIpc) is 2.34. The average molecular weight is 300 g/mol. The molecule has 21 heavy (non-hydrogen) atoms. The van der Waals surface area contributed by atoms with Crippen LogP contribution in [0.3, 0.4) is 0 Å². The molecule has 0 aromatic heterocycles. The van der Waals surface area contributed by atoms with E-state index in [-0.39, 0.29) is 24.2 Å². The molecule has 0 saturated carbocycles. The zero-order valence-corrected chi connectivity index (χ0v) is 14.0. The minimum Gasteiger partial charge on any atom is -0.481 e. The Morgan fingerprint density at radius 2 is 1.81 bits per heavy atom. The summed E-state index contributed by atoms with van der Waals surface area (Å²) in [4.78, 5) is 22.9. The first-order valence-corrected chi connectivity index (χ1v) is 8.03. The van der Waals surface area contributed by atoms with Crippen LogP contribution in [-0.2, 0) is 9.59 Å². The molecule has 0 radical (unpaired) electrons. The maximum atomic E-state index is 11.9. The van der Waals surface area contributed by atoms with Crippen LogP contribution in [-0.4, -0.2) is 28.5 Å². The van der Waals surface area contributed by atoms with Crippen LogP contribution < -0.4 is 5.84 Å². The van der Waals surface area contributed by atoms with Crippen LogP contribution in [0.25, 0.3) is 0 Å². The molecule has 0 rings (SSSR count). The molecule has 124 valence electrons. The SMILES string of the molecule is CCCCC(C)CC(CC(=O)O)CN(N)C(=O)CC(C)C. The van der Waals surface area contributed by atoms with Gasteiger partial charge in [0.2, 0.25) is 5.91 Å². The Bertz CT molecular complexity index is 319. The third kappa shape index (κ3) is 10.3. The molecule has 1 amide bonds. The quantitative estimate of drug-likeness (QED) is 0.349. The summed E-state index contributed by atoms with van der Waals surface area (Å²) in [5.41, 5.74) is 0. The van der Waals surface area contributed by atoms with Gasteiger partial charge in [-0.25, -0.2) is 5.84 Å². The van der Waals surface area contributed by atoms with Crippen LogP contribution in [0, 0.1) is 17.8 Å². The van der Waals surface area contributed by atoms with Crippen molar-refractivity contribution in [2.75, 3.05) is 6.54 Å². The van der Waals surface area contributed by atoms with Gasteiger partial charge in [0.25, 0.3) is 0 Å². The van der Waals surface area contributed by atoms with Gasteiger partial charge in [-0.2, -0.15) is 0 Å². The highest BCUT2D eigenvalue weighted by molar-refractivity contribution is 5.75. The second-order valence-electron chi connectivity index (χ2n) is 6.59. The number of hydrazine groups is 1. The van der Waals surface area contributed by atoms with Gasteiger partial charge in [-0.1, -0.05) is 47.0 Å². The number of carboxylic acid groups (broad SMARTS) is 1. The van der Waals surface area contributed by atoms with Crippen molar-refractivity contribution in [3.63, 3.8) is 0 Å². The number of nitrogens with two attached hydrogens (primary N) is 1. The number of hydrogen-bond acceptors (Lipinski definition) is 3. The van der Waals surface area contributed by atoms with Gasteiger partial charge in [0.15, 0.2) is 0 Å². The van der Waals surface area contributed by atoms with E-state index in [2.05, 4.69) is 13.8 Å². The molecule has 0 aliphatic carbocycles. The molecule has 0 aliphatic rings. The molecule has 0 saturated heterocycles. The lowest BCUT2D eigenvalue weighted by Crippen LogP contribution is -2.42. The van der Waals surface area contributed by atoms with Crippen molar-refractivity contribution >= 4 is 11.9 Å². The van der Waals surface area contributed by atoms with Gasteiger partial charge in [-0.3, -0.25) is 14.6 Å². The molecule has 0 spiro atoms. The van der Waals surface area contributed by atoms with Crippen LogP contribution in [0.5, 0.6) is 0 Å². The Morgan fingerprint density at radius 1 is 1.19 bits per heavy atom. The number of carboxylic acids is 1. The smallest absolute Gasteiger partial charge is 0.303 e. The summed E-state index contributed by atoms with van der Waals surface area (Å²) in [6, 6.07) is 0. The molecular formula is C16H32N2O3. The highest BCUT2D eigenvalue weighted by atomic mass is 16.4. The zero-order chi connectivity index (χ0) is 16.4. The minimum absolute atomic E-state index is 0.0686. The largest absolute Gasteiger partial charge is 0.481 e. The number of nitrogens with zero attached hydrogens (tertiary/aromatic N) is 1. The summed E-state index contributed by atoms with van der Waals surface area (Å²) < 4.78 is 0. The fourth-order valence-electron chi connectivity index (χ4n) is 2.56. The molecule has 0 aliphatic heterocycles. The Balaban J connectivity index is 4.46. The second-order valence-corrected chi connectivity index (χ2v) is 6.59. The number of aliphatic carboxylic acids is 1. The molecule has 0 fully saturated rings. The van der Waals surface area contributed by atoms with E-state index in [4.69, 9.17) is 10.9 Å². The van der Waals surface area contributed by atoms with Crippen LogP contribution in [0.4, 0.5) is 0 Å². The Morgan fingerprint density at radius 3 is 2.29 bits per heavy atom. The monoisotopic (exact) mass is 300 g/mol. The molecule has 3 N–H and O–H groups in total. The standard InChI is InChI=1S/C16H32N2O3/c1-5-6-7-13(4)9-14(10-16(20)21)11-18(17)15(19)8-12(2)3/h12-14H,5-11,17H2,1-4H3,(H,20,21). The lowest BCUT2D eigenvalue weighted by atomic mass is 9.89. The van der Waals surface area contributed by atoms with Gasteiger partial charge < -0.3 is 5.11 Å². The molecular weight excluding hydrogens is 268 g/mol. The van der Waals surface area contributed by atoms with Gasteiger partial charge in [0, 0.05) is 19.4 Å². The first-order valence-electron chi connectivity index (χ1n) is 8.03.